The van der Waals surface area contributed by atoms with Crippen LogP contribution in [0.2, 0.25) is 0 Å². The van der Waals surface area contributed by atoms with Gasteiger partial charge >= 0.3 is 0 Å². The highest BCUT2D eigenvalue weighted by Gasteiger charge is 2.06. The van der Waals surface area contributed by atoms with Gasteiger partial charge in [0.05, 0.1) is 6.54 Å². The predicted molar refractivity (Wildman–Crippen MR) is 82.5 cm³/mol. The molecule has 0 atom stereocenters. The standard InChI is InChI=1S/C13H13N3O2S2/c17-10-4-1-3-9(7-10)12(18)15-16-13(19)14-8-11-5-2-6-20-11/h1-7,17H,8H2,(H,15,18)(H2,14,16,19). The molecule has 5 nitrogen and oxygen atoms in total. The smallest absolute Gasteiger partial charge is 0.269 e. The van der Waals surface area contributed by atoms with E-state index in [4.69, 9.17) is 12.2 Å². The van der Waals surface area contributed by atoms with Crippen LogP contribution < -0.4 is 16.2 Å². The molecule has 0 saturated heterocycles. The highest BCUT2D eigenvalue weighted by Crippen LogP contribution is 2.10. The number of thiocarbonyl (C=S) groups is 1. The monoisotopic (exact) mass is 307 g/mol. The SMILES string of the molecule is O=C(NNC(=S)NCc1cccs1)c1cccc(O)c1. The maximum absolute atomic E-state index is 11.8. The molecule has 0 radical (unpaired) electrons. The second-order valence-electron chi connectivity index (χ2n) is 3.89. The van der Waals surface area contributed by atoms with Crippen molar-refractivity contribution in [3.8, 4) is 5.75 Å². The topological polar surface area (TPSA) is 73.4 Å². The second-order valence-corrected chi connectivity index (χ2v) is 5.33. The van der Waals surface area contributed by atoms with E-state index < -0.39 is 0 Å². The normalized spacial score (nSPS) is 9.80. The van der Waals surface area contributed by atoms with Crippen LogP contribution in [0, 0.1) is 0 Å². The summed E-state index contributed by atoms with van der Waals surface area (Å²) in [5.41, 5.74) is 5.41. The summed E-state index contributed by atoms with van der Waals surface area (Å²) >= 11 is 6.66. The number of carbonyl (C=O) groups excluding carboxylic acids is 1. The van der Waals surface area contributed by atoms with Crippen molar-refractivity contribution in [2.45, 2.75) is 6.54 Å². The van der Waals surface area contributed by atoms with Crippen molar-refractivity contribution >= 4 is 34.6 Å². The molecule has 1 aromatic heterocycles. The van der Waals surface area contributed by atoms with Crippen LogP contribution in [0.15, 0.2) is 41.8 Å². The van der Waals surface area contributed by atoms with Crippen LogP contribution >= 0.6 is 23.6 Å². The molecule has 1 amide bonds. The lowest BCUT2D eigenvalue weighted by Crippen LogP contribution is -2.46. The fraction of sp³-hybridized carbons (Fsp3) is 0.0769. The third kappa shape index (κ3) is 4.22. The van der Waals surface area contributed by atoms with Gasteiger partial charge in [-0.25, -0.2) is 0 Å². The Balaban J connectivity index is 1.77. The number of carbonyl (C=O) groups is 1. The number of hydrogen-bond donors (Lipinski definition) is 4. The molecule has 0 aliphatic carbocycles. The van der Waals surface area contributed by atoms with E-state index in [9.17, 15) is 9.90 Å². The summed E-state index contributed by atoms with van der Waals surface area (Å²) in [4.78, 5) is 12.9. The minimum Gasteiger partial charge on any atom is -0.508 e. The molecule has 0 spiro atoms. The summed E-state index contributed by atoms with van der Waals surface area (Å²) in [6.45, 7) is 0.603. The third-order valence-corrected chi connectivity index (χ3v) is 3.52. The molecule has 7 heteroatoms. The maximum Gasteiger partial charge on any atom is 0.269 e. The summed E-state index contributed by atoms with van der Waals surface area (Å²) in [6.07, 6.45) is 0. The first-order valence-electron chi connectivity index (χ1n) is 5.81. The third-order valence-electron chi connectivity index (χ3n) is 2.40. The lowest BCUT2D eigenvalue weighted by Gasteiger charge is -2.11. The molecule has 0 aliphatic heterocycles. The molecule has 20 heavy (non-hydrogen) atoms. The van der Waals surface area contributed by atoms with Crippen molar-refractivity contribution in [3.63, 3.8) is 0 Å². The zero-order chi connectivity index (χ0) is 14.4. The molecule has 1 heterocycles. The van der Waals surface area contributed by atoms with E-state index >= 15 is 0 Å². The molecular weight excluding hydrogens is 294 g/mol. The van der Waals surface area contributed by atoms with Gasteiger partial charge < -0.3 is 10.4 Å². The predicted octanol–water partition coefficient (Wildman–Crippen LogP) is 1.76. The summed E-state index contributed by atoms with van der Waals surface area (Å²) in [7, 11) is 0. The van der Waals surface area contributed by atoms with Crippen molar-refractivity contribution in [2.24, 2.45) is 0 Å². The number of benzene rings is 1. The average Bonchev–Trinajstić information content (AvgIpc) is 2.95. The first kappa shape index (κ1) is 14.3. The van der Waals surface area contributed by atoms with Crippen LogP contribution in [-0.2, 0) is 6.54 Å². The quantitative estimate of drug-likeness (QED) is 0.514. The van der Waals surface area contributed by atoms with E-state index in [2.05, 4.69) is 16.2 Å². The average molecular weight is 307 g/mol. The number of phenols is 1. The molecule has 0 unspecified atom stereocenters. The fourth-order valence-electron chi connectivity index (χ4n) is 1.46. The number of aromatic hydroxyl groups is 1. The molecule has 0 aliphatic rings. The van der Waals surface area contributed by atoms with Crippen LogP contribution in [0.5, 0.6) is 5.75 Å². The second kappa shape index (κ2) is 6.88. The van der Waals surface area contributed by atoms with Crippen molar-refractivity contribution in [2.75, 3.05) is 0 Å². The van der Waals surface area contributed by atoms with Gasteiger partial charge in [-0.15, -0.1) is 11.3 Å². The summed E-state index contributed by atoms with van der Waals surface area (Å²) in [5, 5.41) is 14.6. The number of hydrogen-bond acceptors (Lipinski definition) is 4. The Morgan fingerprint density at radius 3 is 2.80 bits per heavy atom. The zero-order valence-corrected chi connectivity index (χ0v) is 12.1. The van der Waals surface area contributed by atoms with Gasteiger partial charge in [0, 0.05) is 10.4 Å². The van der Waals surface area contributed by atoms with Crippen LogP contribution in [0.1, 0.15) is 15.2 Å². The highest BCUT2D eigenvalue weighted by atomic mass is 32.1. The van der Waals surface area contributed by atoms with Crippen LogP contribution in [0.3, 0.4) is 0 Å². The Bertz CT molecular complexity index is 599. The number of amides is 1. The van der Waals surface area contributed by atoms with Crippen molar-refractivity contribution in [1.29, 1.82) is 0 Å². The van der Waals surface area contributed by atoms with Gasteiger partial charge in [0.15, 0.2) is 5.11 Å². The Labute approximate surface area is 125 Å². The molecule has 0 bridgehead atoms. The fourth-order valence-corrected chi connectivity index (χ4v) is 2.23. The number of thiophene rings is 1. The van der Waals surface area contributed by atoms with E-state index in [-0.39, 0.29) is 11.7 Å². The Morgan fingerprint density at radius 2 is 2.10 bits per heavy atom. The largest absolute Gasteiger partial charge is 0.508 e. The molecule has 0 saturated carbocycles. The van der Waals surface area contributed by atoms with E-state index in [1.807, 2.05) is 17.5 Å². The van der Waals surface area contributed by atoms with Gasteiger partial charge in [0.25, 0.3) is 5.91 Å². The van der Waals surface area contributed by atoms with E-state index in [0.29, 0.717) is 17.2 Å². The van der Waals surface area contributed by atoms with Crippen LogP contribution in [0.4, 0.5) is 0 Å². The van der Waals surface area contributed by atoms with Gasteiger partial charge in [-0.2, -0.15) is 0 Å². The van der Waals surface area contributed by atoms with Gasteiger partial charge in [-0.1, -0.05) is 12.1 Å². The number of rotatable bonds is 3. The highest BCUT2D eigenvalue weighted by molar-refractivity contribution is 7.80. The van der Waals surface area contributed by atoms with Gasteiger partial charge in [-0.05, 0) is 41.9 Å². The number of phenolic OH excluding ortho intramolecular Hbond substituents is 1. The molecular formula is C13H13N3O2S2. The van der Waals surface area contributed by atoms with Gasteiger partial charge in [-0.3, -0.25) is 15.6 Å². The first-order valence-corrected chi connectivity index (χ1v) is 7.09. The van der Waals surface area contributed by atoms with E-state index in [0.717, 1.165) is 4.88 Å². The minimum atomic E-state index is -0.374. The molecule has 0 fully saturated rings. The van der Waals surface area contributed by atoms with Gasteiger partial charge in [0.2, 0.25) is 0 Å². The number of nitrogens with one attached hydrogen (secondary N) is 3. The van der Waals surface area contributed by atoms with Crippen molar-refractivity contribution < 1.29 is 9.90 Å². The van der Waals surface area contributed by atoms with Crippen LogP contribution in [-0.4, -0.2) is 16.1 Å². The molecule has 2 aromatic rings. The first-order chi connectivity index (χ1) is 9.65. The molecule has 2 rings (SSSR count). The zero-order valence-electron chi connectivity index (χ0n) is 10.4. The Hall–Kier alpha value is -2.12. The number of hydrazine groups is 1. The summed E-state index contributed by atoms with van der Waals surface area (Å²) < 4.78 is 0. The summed E-state index contributed by atoms with van der Waals surface area (Å²) in [5.74, 6) is -0.336. The molecule has 104 valence electrons. The summed E-state index contributed by atoms with van der Waals surface area (Å²) in [6, 6.07) is 10.0. The van der Waals surface area contributed by atoms with Crippen molar-refractivity contribution in [1.82, 2.24) is 16.2 Å². The van der Waals surface area contributed by atoms with E-state index in [1.54, 1.807) is 23.5 Å². The molecule has 4 N–H and O–H groups in total. The molecule has 1 aromatic carbocycles. The minimum absolute atomic E-state index is 0.0380. The van der Waals surface area contributed by atoms with Gasteiger partial charge in [0.1, 0.15) is 5.75 Å². The van der Waals surface area contributed by atoms with Crippen LogP contribution in [0.25, 0.3) is 0 Å². The van der Waals surface area contributed by atoms with Crippen molar-refractivity contribution in [3.05, 3.63) is 52.2 Å². The van der Waals surface area contributed by atoms with E-state index in [1.165, 1.54) is 12.1 Å². The lowest BCUT2D eigenvalue weighted by molar-refractivity contribution is 0.0943. The Kier molecular flexibility index (Phi) is 4.91. The maximum atomic E-state index is 11.8. The lowest BCUT2D eigenvalue weighted by atomic mass is 10.2. The Morgan fingerprint density at radius 1 is 1.25 bits per heavy atom.